The van der Waals surface area contributed by atoms with Gasteiger partial charge in [0.2, 0.25) is 5.91 Å². The molecule has 0 radical (unpaired) electrons. The molecule has 0 saturated heterocycles. The van der Waals surface area contributed by atoms with E-state index in [-0.39, 0.29) is 11.3 Å². The van der Waals surface area contributed by atoms with E-state index in [2.05, 4.69) is 43.1 Å². The lowest BCUT2D eigenvalue weighted by Gasteiger charge is -2.60. The van der Waals surface area contributed by atoms with Gasteiger partial charge in [0.25, 0.3) is 0 Å². The molecule has 5 rings (SSSR count). The fraction of sp³-hybridized carbons (Fsp3) is 0.696. The number of likely N-dealkylation sites (N-methyl/N-ethyl adjacent to an activating group) is 1. The van der Waals surface area contributed by atoms with Gasteiger partial charge in [-0.25, -0.2) is 10.5 Å². The zero-order valence-corrected chi connectivity index (χ0v) is 17.4. The van der Waals surface area contributed by atoms with Gasteiger partial charge < -0.3 is 4.90 Å². The van der Waals surface area contributed by atoms with Gasteiger partial charge in [-0.05, 0) is 79.9 Å². The molecule has 5 heteroatoms. The molecule has 0 aromatic carbocycles. The molecule has 3 aliphatic carbocycles. The highest BCUT2D eigenvalue weighted by atomic mass is 16.2. The number of carbonyl (C=O) groups is 1. The molecule has 0 aromatic rings. The van der Waals surface area contributed by atoms with Crippen LogP contribution in [0, 0.1) is 28.6 Å². The van der Waals surface area contributed by atoms with Crippen molar-refractivity contribution < 1.29 is 4.79 Å². The first-order valence-corrected chi connectivity index (χ1v) is 11.0. The normalized spacial score (nSPS) is 46.8. The molecule has 3 fully saturated rings. The number of allylic oxidation sites excluding steroid dienone is 2. The highest BCUT2D eigenvalue weighted by Crippen LogP contribution is 2.63. The molecule has 2 heterocycles. The number of carbonyl (C=O) groups excluding carboxylic acids is 1. The zero-order valence-electron chi connectivity index (χ0n) is 17.4. The van der Waals surface area contributed by atoms with Crippen LogP contribution in [-0.4, -0.2) is 35.1 Å². The predicted octanol–water partition coefficient (Wildman–Crippen LogP) is 3.35. The minimum Gasteiger partial charge on any atom is -0.338 e. The smallest absolute Gasteiger partial charge is 0.246 e. The van der Waals surface area contributed by atoms with E-state index in [0.717, 1.165) is 18.3 Å². The molecule has 28 heavy (non-hydrogen) atoms. The van der Waals surface area contributed by atoms with Crippen LogP contribution in [0.25, 0.3) is 0 Å². The molecule has 152 valence electrons. The van der Waals surface area contributed by atoms with Gasteiger partial charge in [0, 0.05) is 36.9 Å². The van der Waals surface area contributed by atoms with Gasteiger partial charge in [0.05, 0.1) is 0 Å². The molecule has 2 N–H and O–H groups in total. The fourth-order valence-corrected chi connectivity index (χ4v) is 7.56. The minimum atomic E-state index is 0.139. The summed E-state index contributed by atoms with van der Waals surface area (Å²) in [6.07, 6.45) is 19.8. The summed E-state index contributed by atoms with van der Waals surface area (Å²) >= 11 is 0. The van der Waals surface area contributed by atoms with Crippen LogP contribution in [0.15, 0.2) is 36.7 Å². The SMILES string of the molecule is CN1C(=O)C=C[C@]2(C)[C@H]3CC[C@]4(C)[C@@H](NN5C=CC=CN5)CC[C@H]4[C@@H]3CC[C@@H]12. The van der Waals surface area contributed by atoms with Crippen LogP contribution >= 0.6 is 0 Å². The number of fused-ring (bicyclic) bond motifs is 5. The molecular weight excluding hydrogens is 348 g/mol. The molecule has 5 aliphatic rings. The van der Waals surface area contributed by atoms with E-state index in [4.69, 9.17) is 0 Å². The van der Waals surface area contributed by atoms with E-state index in [1.165, 1.54) is 32.1 Å². The average molecular weight is 383 g/mol. The van der Waals surface area contributed by atoms with Crippen molar-refractivity contribution in [2.75, 3.05) is 7.05 Å². The second kappa shape index (κ2) is 6.38. The largest absolute Gasteiger partial charge is 0.338 e. The van der Waals surface area contributed by atoms with Crippen LogP contribution in [0.1, 0.15) is 52.4 Å². The Morgan fingerprint density at radius 1 is 1.11 bits per heavy atom. The van der Waals surface area contributed by atoms with Gasteiger partial charge >= 0.3 is 0 Å². The summed E-state index contributed by atoms with van der Waals surface area (Å²) in [5.74, 6) is 2.44. The van der Waals surface area contributed by atoms with Crippen LogP contribution in [0.5, 0.6) is 0 Å². The molecule has 5 nitrogen and oxygen atoms in total. The number of rotatable bonds is 2. The first kappa shape index (κ1) is 18.3. The van der Waals surface area contributed by atoms with Crippen molar-refractivity contribution in [3.8, 4) is 0 Å². The number of hydrazine groups is 2. The Morgan fingerprint density at radius 2 is 1.96 bits per heavy atom. The third-order valence-corrected chi connectivity index (χ3v) is 9.08. The summed E-state index contributed by atoms with van der Waals surface area (Å²) < 4.78 is 0. The van der Waals surface area contributed by atoms with Crippen LogP contribution in [0.2, 0.25) is 0 Å². The predicted molar refractivity (Wildman–Crippen MR) is 110 cm³/mol. The van der Waals surface area contributed by atoms with Crippen molar-refractivity contribution in [2.45, 2.75) is 64.5 Å². The van der Waals surface area contributed by atoms with E-state index < -0.39 is 0 Å². The summed E-state index contributed by atoms with van der Waals surface area (Å²) in [7, 11) is 2.01. The van der Waals surface area contributed by atoms with Gasteiger partial charge in [-0.3, -0.25) is 10.2 Å². The molecular formula is C23H34N4O. The molecule has 0 bridgehead atoms. The first-order chi connectivity index (χ1) is 13.4. The number of hydrogen-bond acceptors (Lipinski definition) is 4. The summed E-state index contributed by atoms with van der Waals surface area (Å²) in [5.41, 5.74) is 7.51. The van der Waals surface area contributed by atoms with E-state index in [0.29, 0.717) is 23.4 Å². The highest BCUT2D eigenvalue weighted by Gasteiger charge is 2.60. The van der Waals surface area contributed by atoms with E-state index >= 15 is 0 Å². The van der Waals surface area contributed by atoms with Crippen molar-refractivity contribution in [3.05, 3.63) is 36.7 Å². The quantitative estimate of drug-likeness (QED) is 0.769. The maximum absolute atomic E-state index is 12.2. The molecule has 7 atom stereocenters. The minimum absolute atomic E-state index is 0.139. The lowest BCUT2D eigenvalue weighted by Crippen LogP contribution is -2.61. The Hall–Kier alpha value is -1.75. The Labute approximate surface area is 168 Å². The molecule has 0 aromatic heterocycles. The first-order valence-electron chi connectivity index (χ1n) is 11.0. The Morgan fingerprint density at radius 3 is 2.75 bits per heavy atom. The number of nitrogens with one attached hydrogen (secondary N) is 2. The van der Waals surface area contributed by atoms with Gasteiger partial charge in [-0.15, -0.1) is 0 Å². The van der Waals surface area contributed by atoms with Crippen LogP contribution < -0.4 is 10.9 Å². The summed E-state index contributed by atoms with van der Waals surface area (Å²) in [6, 6.07) is 0.888. The topological polar surface area (TPSA) is 47.6 Å². The summed E-state index contributed by atoms with van der Waals surface area (Å²) in [6.45, 7) is 4.96. The number of amides is 1. The van der Waals surface area contributed by atoms with Gasteiger partial charge in [0.15, 0.2) is 0 Å². The molecule has 0 unspecified atom stereocenters. The summed E-state index contributed by atoms with van der Waals surface area (Å²) in [4.78, 5) is 14.2. The maximum atomic E-state index is 12.2. The standard InChI is InChI=1S/C23H34N4O/c1-22-12-10-18-16(6-9-20-23(18,2)13-11-21(28)26(20)3)17(22)7-8-19(22)25-27-15-5-4-14-24-27/h4-5,11,13-20,24-25H,6-10,12H2,1-3H3/t16-,17-,18-,19-,20+,22-,23+/m0/s1. The van der Waals surface area contributed by atoms with E-state index in [1.807, 2.05) is 35.4 Å². The van der Waals surface area contributed by atoms with Gasteiger partial charge in [-0.2, -0.15) is 0 Å². The van der Waals surface area contributed by atoms with Gasteiger partial charge in [0.1, 0.15) is 0 Å². The third-order valence-electron chi connectivity index (χ3n) is 9.08. The Balaban J connectivity index is 1.38. The molecule has 2 aliphatic heterocycles. The van der Waals surface area contributed by atoms with Gasteiger partial charge in [-0.1, -0.05) is 19.9 Å². The van der Waals surface area contributed by atoms with Crippen LogP contribution in [-0.2, 0) is 4.79 Å². The maximum Gasteiger partial charge on any atom is 0.246 e. The molecule has 0 spiro atoms. The second-order valence-corrected chi connectivity index (χ2v) is 10.1. The summed E-state index contributed by atoms with van der Waals surface area (Å²) in [5, 5.41) is 2.02. The fourth-order valence-electron chi connectivity index (χ4n) is 7.56. The highest BCUT2D eigenvalue weighted by molar-refractivity contribution is 5.89. The average Bonchev–Trinajstić information content (AvgIpc) is 3.02. The van der Waals surface area contributed by atoms with E-state index in [9.17, 15) is 4.79 Å². The van der Waals surface area contributed by atoms with Crippen molar-refractivity contribution in [1.29, 1.82) is 0 Å². The molecule has 1 amide bonds. The number of hydrogen-bond donors (Lipinski definition) is 2. The van der Waals surface area contributed by atoms with Crippen molar-refractivity contribution in [1.82, 2.24) is 20.9 Å². The van der Waals surface area contributed by atoms with Crippen molar-refractivity contribution >= 4 is 5.91 Å². The van der Waals surface area contributed by atoms with E-state index in [1.54, 1.807) is 0 Å². The third kappa shape index (κ3) is 2.51. The zero-order chi connectivity index (χ0) is 19.5. The monoisotopic (exact) mass is 382 g/mol. The van der Waals surface area contributed by atoms with Crippen molar-refractivity contribution in [3.63, 3.8) is 0 Å². The lowest BCUT2D eigenvalue weighted by atomic mass is 9.48. The lowest BCUT2D eigenvalue weighted by molar-refractivity contribution is -0.138. The Bertz CT molecular complexity index is 745. The van der Waals surface area contributed by atoms with Crippen LogP contribution in [0.3, 0.4) is 0 Å². The number of nitrogens with zero attached hydrogens (tertiary/aromatic N) is 2. The molecule has 3 saturated carbocycles. The second-order valence-electron chi connectivity index (χ2n) is 10.1. The van der Waals surface area contributed by atoms with Crippen molar-refractivity contribution in [2.24, 2.45) is 28.6 Å². The van der Waals surface area contributed by atoms with Crippen LogP contribution in [0.4, 0.5) is 0 Å². The Kier molecular flexibility index (Phi) is 4.17.